The van der Waals surface area contributed by atoms with Gasteiger partial charge in [-0.15, -0.1) is 0 Å². The third-order valence-corrected chi connectivity index (χ3v) is 4.78. The molecule has 0 aliphatic carbocycles. The molecule has 0 rings (SSSR count). The highest BCUT2D eigenvalue weighted by atomic mass is 28.4. The van der Waals surface area contributed by atoms with Crippen LogP contribution in [0.1, 0.15) is 27.2 Å². The van der Waals surface area contributed by atoms with Gasteiger partial charge in [0.15, 0.2) is 0 Å². The van der Waals surface area contributed by atoms with Crippen molar-refractivity contribution in [1.29, 1.82) is 0 Å². The van der Waals surface area contributed by atoms with Gasteiger partial charge in [0.25, 0.3) is 0 Å². The second kappa shape index (κ2) is 7.36. The maximum Gasteiger partial charge on any atom is 0.500 e. The number of hydrogen-bond donors (Lipinski definition) is 0. The van der Waals surface area contributed by atoms with Crippen molar-refractivity contribution in [1.82, 2.24) is 0 Å². The van der Waals surface area contributed by atoms with Gasteiger partial charge in [0, 0.05) is 27.4 Å². The van der Waals surface area contributed by atoms with Gasteiger partial charge in [0.1, 0.15) is 0 Å². The fourth-order valence-corrected chi connectivity index (χ4v) is 2.81. The van der Waals surface area contributed by atoms with Crippen LogP contribution in [0.15, 0.2) is 0 Å². The Hall–Kier alpha value is 0.0169. The predicted octanol–water partition coefficient (Wildman–Crippen LogP) is 2.00. The summed E-state index contributed by atoms with van der Waals surface area (Å²) in [6.45, 7) is 6.31. The Morgan fingerprint density at radius 3 is 1.81 bits per heavy atom. The van der Waals surface area contributed by atoms with Crippen molar-refractivity contribution in [3.8, 4) is 0 Å². The number of rotatable bonds is 8. The second-order valence-electron chi connectivity index (χ2n) is 4.42. The molecule has 0 aliphatic heterocycles. The van der Waals surface area contributed by atoms with Gasteiger partial charge in [-0.05, 0) is 27.2 Å². The van der Waals surface area contributed by atoms with E-state index in [9.17, 15) is 0 Å². The molecule has 0 aromatic heterocycles. The minimum absolute atomic E-state index is 0.279. The van der Waals surface area contributed by atoms with Crippen LogP contribution in [0.3, 0.4) is 0 Å². The van der Waals surface area contributed by atoms with Crippen LogP contribution in [0.25, 0.3) is 0 Å². The molecular weight excluding hydrogens is 228 g/mol. The summed E-state index contributed by atoms with van der Waals surface area (Å²) in [6.07, 6.45) is 0.776. The Bertz CT molecular complexity index is 168. The third-order valence-electron chi connectivity index (χ3n) is 1.95. The van der Waals surface area contributed by atoms with E-state index in [1.54, 1.807) is 21.3 Å². The van der Waals surface area contributed by atoms with Crippen molar-refractivity contribution >= 4 is 8.80 Å². The Morgan fingerprint density at radius 2 is 1.44 bits per heavy atom. The van der Waals surface area contributed by atoms with Crippen molar-refractivity contribution < 1.29 is 23.1 Å². The van der Waals surface area contributed by atoms with Gasteiger partial charge in [-0.1, -0.05) is 0 Å². The largest absolute Gasteiger partial charge is 0.500 e. The van der Waals surface area contributed by atoms with Gasteiger partial charge in [-0.25, -0.2) is 9.78 Å². The molecule has 0 bridgehead atoms. The Morgan fingerprint density at radius 1 is 0.938 bits per heavy atom. The molecule has 0 radical (unpaired) electrons. The van der Waals surface area contributed by atoms with Crippen LogP contribution in [0.2, 0.25) is 6.04 Å². The van der Waals surface area contributed by atoms with Crippen LogP contribution in [0, 0.1) is 0 Å². The van der Waals surface area contributed by atoms with Gasteiger partial charge in [-0.2, -0.15) is 0 Å². The average Bonchev–Trinajstić information content (AvgIpc) is 2.23. The molecule has 5 nitrogen and oxygen atoms in total. The van der Waals surface area contributed by atoms with E-state index >= 15 is 0 Å². The molecule has 0 aromatic carbocycles. The lowest BCUT2D eigenvalue weighted by Crippen LogP contribution is -2.42. The molecule has 16 heavy (non-hydrogen) atoms. The van der Waals surface area contributed by atoms with Crippen LogP contribution in [-0.4, -0.2) is 42.3 Å². The summed E-state index contributed by atoms with van der Waals surface area (Å²) < 4.78 is 15.8. The lowest BCUT2D eigenvalue weighted by atomic mass is 10.2. The molecule has 0 amide bonds. The van der Waals surface area contributed by atoms with Gasteiger partial charge >= 0.3 is 8.80 Å². The van der Waals surface area contributed by atoms with Crippen LogP contribution < -0.4 is 0 Å². The Kier molecular flexibility index (Phi) is 7.37. The summed E-state index contributed by atoms with van der Waals surface area (Å²) in [6, 6.07) is 0.712. The molecule has 0 fully saturated rings. The quantitative estimate of drug-likeness (QED) is 0.286. The summed E-state index contributed by atoms with van der Waals surface area (Å²) in [4.78, 5) is 10.2. The van der Waals surface area contributed by atoms with E-state index in [0.29, 0.717) is 12.7 Å². The van der Waals surface area contributed by atoms with E-state index in [4.69, 9.17) is 23.1 Å². The van der Waals surface area contributed by atoms with Crippen LogP contribution in [-0.2, 0) is 23.1 Å². The molecule has 0 unspecified atom stereocenters. The molecule has 0 saturated heterocycles. The van der Waals surface area contributed by atoms with Crippen molar-refractivity contribution in [2.24, 2.45) is 0 Å². The first-order valence-corrected chi connectivity index (χ1v) is 7.28. The van der Waals surface area contributed by atoms with E-state index in [2.05, 4.69) is 0 Å². The zero-order valence-corrected chi connectivity index (χ0v) is 12.2. The highest BCUT2D eigenvalue weighted by Crippen LogP contribution is 2.15. The highest BCUT2D eigenvalue weighted by Gasteiger charge is 2.36. The zero-order chi connectivity index (χ0) is 12.7. The molecule has 0 N–H and O–H groups in total. The van der Waals surface area contributed by atoms with Gasteiger partial charge in [-0.3, -0.25) is 0 Å². The van der Waals surface area contributed by atoms with Crippen molar-refractivity contribution in [3.05, 3.63) is 0 Å². The third kappa shape index (κ3) is 6.57. The molecule has 0 atom stereocenters. The molecule has 98 valence electrons. The van der Waals surface area contributed by atoms with Gasteiger partial charge in [0.05, 0.1) is 12.2 Å². The summed E-state index contributed by atoms with van der Waals surface area (Å²) >= 11 is 0. The first-order chi connectivity index (χ1) is 7.39. The first-order valence-electron chi connectivity index (χ1n) is 5.35. The summed E-state index contributed by atoms with van der Waals surface area (Å²) in [5.41, 5.74) is -0.279. The Labute approximate surface area is 99.3 Å². The minimum atomic E-state index is -2.45. The minimum Gasteiger partial charge on any atom is -0.377 e. The molecular formula is C10H24O5Si. The van der Waals surface area contributed by atoms with E-state index in [1.165, 1.54) is 0 Å². The van der Waals surface area contributed by atoms with Crippen LogP contribution >= 0.6 is 0 Å². The van der Waals surface area contributed by atoms with Crippen LogP contribution in [0.5, 0.6) is 0 Å². The fourth-order valence-electron chi connectivity index (χ4n) is 1.12. The van der Waals surface area contributed by atoms with Crippen molar-refractivity contribution in [2.75, 3.05) is 27.9 Å². The summed E-state index contributed by atoms with van der Waals surface area (Å²) in [7, 11) is 2.36. The molecule has 0 aliphatic rings. The second-order valence-corrected chi connectivity index (χ2v) is 7.51. The summed E-state index contributed by atoms with van der Waals surface area (Å²) in [5, 5.41) is 0. The van der Waals surface area contributed by atoms with E-state index in [0.717, 1.165) is 6.42 Å². The predicted molar refractivity (Wildman–Crippen MR) is 63.0 cm³/mol. The zero-order valence-electron chi connectivity index (χ0n) is 11.2. The Balaban J connectivity index is 3.71. The van der Waals surface area contributed by atoms with Crippen LogP contribution in [0.4, 0.5) is 0 Å². The molecule has 6 heteroatoms. The lowest BCUT2D eigenvalue weighted by Gasteiger charge is -2.24. The van der Waals surface area contributed by atoms with Gasteiger partial charge < -0.3 is 13.3 Å². The van der Waals surface area contributed by atoms with E-state index < -0.39 is 8.80 Å². The average molecular weight is 252 g/mol. The molecule has 0 spiro atoms. The van der Waals surface area contributed by atoms with E-state index in [1.807, 2.05) is 20.8 Å². The van der Waals surface area contributed by atoms with E-state index in [-0.39, 0.29) is 5.60 Å². The maximum atomic E-state index is 5.28. The molecule has 0 aromatic rings. The summed E-state index contributed by atoms with van der Waals surface area (Å²) in [5.74, 6) is 0. The SMILES string of the molecule is CO[Si](CCCOOC(C)(C)C)(OC)OC. The topological polar surface area (TPSA) is 46.2 Å². The van der Waals surface area contributed by atoms with Crippen molar-refractivity contribution in [3.63, 3.8) is 0 Å². The normalized spacial score (nSPS) is 13.1. The smallest absolute Gasteiger partial charge is 0.377 e. The standard InChI is InChI=1S/C10H24O5Si/c1-10(2,3)15-14-8-7-9-16(11-4,12-5)13-6/h7-9H2,1-6H3. The lowest BCUT2D eigenvalue weighted by molar-refractivity contribution is -0.348. The number of hydrogen-bond acceptors (Lipinski definition) is 5. The first kappa shape index (κ1) is 16.0. The fraction of sp³-hybridized carbons (Fsp3) is 1.00. The van der Waals surface area contributed by atoms with Gasteiger partial charge in [0.2, 0.25) is 0 Å². The maximum absolute atomic E-state index is 5.28. The highest BCUT2D eigenvalue weighted by molar-refractivity contribution is 6.60. The van der Waals surface area contributed by atoms with Crippen molar-refractivity contribution in [2.45, 2.75) is 38.8 Å². The molecule has 0 saturated carbocycles. The molecule has 0 heterocycles. The monoisotopic (exact) mass is 252 g/mol.